The molecule has 2 rings (SSSR count). The second-order valence-corrected chi connectivity index (χ2v) is 7.65. The highest BCUT2D eigenvalue weighted by atomic mass is 79.9. The van der Waals surface area contributed by atoms with Crippen LogP contribution in [0.15, 0.2) is 27.6 Å². The fourth-order valence-corrected chi connectivity index (χ4v) is 4.41. The van der Waals surface area contributed by atoms with Gasteiger partial charge in [-0.05, 0) is 54.1 Å². The van der Waals surface area contributed by atoms with Crippen LogP contribution in [0.25, 0.3) is 0 Å². The summed E-state index contributed by atoms with van der Waals surface area (Å²) in [7, 11) is 0.133. The van der Waals surface area contributed by atoms with E-state index in [4.69, 9.17) is 4.74 Å². The molecule has 1 aromatic carbocycles. The van der Waals surface area contributed by atoms with Crippen molar-refractivity contribution in [3.05, 3.63) is 22.7 Å². The van der Waals surface area contributed by atoms with Crippen molar-refractivity contribution in [1.82, 2.24) is 9.21 Å². The Balaban J connectivity index is 2.27. The lowest BCUT2D eigenvalue weighted by molar-refractivity contribution is 0.347. The minimum absolute atomic E-state index is 0.301. The minimum Gasteiger partial charge on any atom is -0.496 e. The van der Waals surface area contributed by atoms with Crippen molar-refractivity contribution in [2.45, 2.75) is 11.3 Å². The Hall–Kier alpha value is -0.630. The Morgan fingerprint density at radius 1 is 1.20 bits per heavy atom. The second-order valence-electron chi connectivity index (χ2n) is 4.86. The fourth-order valence-electron chi connectivity index (χ4n) is 2.22. The molecule has 0 amide bonds. The molecule has 0 radical (unpaired) electrons. The molecule has 0 aliphatic carbocycles. The minimum atomic E-state index is -3.44. The Bertz CT molecular complexity index is 577. The summed E-state index contributed by atoms with van der Waals surface area (Å²) in [6.45, 7) is 2.79. The van der Waals surface area contributed by atoms with Gasteiger partial charge in [0.1, 0.15) is 5.75 Å². The number of hydrogen-bond acceptors (Lipinski definition) is 4. The predicted molar refractivity (Wildman–Crippen MR) is 81.6 cm³/mol. The van der Waals surface area contributed by atoms with E-state index in [2.05, 4.69) is 20.8 Å². The highest BCUT2D eigenvalue weighted by Gasteiger charge is 2.26. The Kier molecular flexibility index (Phi) is 5.06. The summed E-state index contributed by atoms with van der Waals surface area (Å²) in [5.41, 5.74) is 0. The van der Waals surface area contributed by atoms with Crippen LogP contribution in [0.5, 0.6) is 5.75 Å². The first kappa shape index (κ1) is 15.8. The molecule has 0 bridgehead atoms. The maximum absolute atomic E-state index is 12.6. The van der Waals surface area contributed by atoms with Gasteiger partial charge in [0.15, 0.2) is 0 Å². The lowest BCUT2D eigenvalue weighted by Crippen LogP contribution is -2.34. The lowest BCUT2D eigenvalue weighted by atomic mass is 10.3. The number of hydrogen-bond donors (Lipinski definition) is 0. The Morgan fingerprint density at radius 3 is 2.60 bits per heavy atom. The molecule has 1 fully saturated rings. The van der Waals surface area contributed by atoms with Crippen LogP contribution in [-0.4, -0.2) is 58.0 Å². The third-order valence-electron chi connectivity index (χ3n) is 3.44. The quantitative estimate of drug-likeness (QED) is 0.822. The summed E-state index contributed by atoms with van der Waals surface area (Å²) in [5, 5.41) is 0. The van der Waals surface area contributed by atoms with Crippen LogP contribution in [0.2, 0.25) is 0 Å². The van der Waals surface area contributed by atoms with Gasteiger partial charge >= 0.3 is 0 Å². The molecule has 0 spiro atoms. The van der Waals surface area contributed by atoms with Gasteiger partial charge in [0.25, 0.3) is 0 Å². The number of likely N-dealkylation sites (N-methyl/N-ethyl adjacent to an activating group) is 1. The number of benzene rings is 1. The summed E-state index contributed by atoms with van der Waals surface area (Å²) in [6.07, 6.45) is 0.854. The average Bonchev–Trinajstić information content (AvgIpc) is 2.63. The van der Waals surface area contributed by atoms with Crippen molar-refractivity contribution in [2.24, 2.45) is 0 Å². The number of sulfonamides is 1. The van der Waals surface area contributed by atoms with Gasteiger partial charge in [-0.3, -0.25) is 0 Å². The summed E-state index contributed by atoms with van der Waals surface area (Å²) in [4.78, 5) is 2.45. The third-order valence-corrected chi connectivity index (χ3v) is 5.95. The smallest absolute Gasteiger partial charge is 0.243 e. The van der Waals surface area contributed by atoms with E-state index in [1.54, 1.807) is 29.6 Å². The standard InChI is InChI=1S/C13H19BrN2O3S/c1-15-6-3-7-16(9-8-15)20(17,18)11-4-5-13(19-2)12(14)10-11/h4-5,10H,3,6-9H2,1-2H3. The number of halogens is 1. The molecule has 0 aromatic heterocycles. The number of ether oxygens (including phenoxy) is 1. The van der Waals surface area contributed by atoms with E-state index in [9.17, 15) is 8.42 Å². The van der Waals surface area contributed by atoms with Crippen molar-refractivity contribution in [3.8, 4) is 5.75 Å². The van der Waals surface area contributed by atoms with Crippen LogP contribution in [0, 0.1) is 0 Å². The summed E-state index contributed by atoms with van der Waals surface area (Å²) < 4.78 is 32.6. The monoisotopic (exact) mass is 362 g/mol. The molecule has 1 saturated heterocycles. The van der Waals surface area contributed by atoms with Crippen molar-refractivity contribution < 1.29 is 13.2 Å². The van der Waals surface area contributed by atoms with Gasteiger partial charge in [-0.15, -0.1) is 0 Å². The zero-order valence-corrected chi connectivity index (χ0v) is 14.1. The molecule has 20 heavy (non-hydrogen) atoms. The molecule has 1 aliphatic heterocycles. The fraction of sp³-hybridized carbons (Fsp3) is 0.538. The highest BCUT2D eigenvalue weighted by Crippen LogP contribution is 2.29. The van der Waals surface area contributed by atoms with Crippen LogP contribution < -0.4 is 4.74 Å². The third kappa shape index (κ3) is 3.33. The molecule has 7 heteroatoms. The van der Waals surface area contributed by atoms with E-state index in [0.717, 1.165) is 19.5 Å². The molecule has 0 atom stereocenters. The van der Waals surface area contributed by atoms with Crippen LogP contribution in [0.3, 0.4) is 0 Å². The second kappa shape index (κ2) is 6.43. The van der Waals surface area contributed by atoms with Gasteiger partial charge in [0.2, 0.25) is 10.0 Å². The van der Waals surface area contributed by atoms with Crippen molar-refractivity contribution >= 4 is 26.0 Å². The van der Waals surface area contributed by atoms with Crippen LogP contribution in [0.1, 0.15) is 6.42 Å². The topological polar surface area (TPSA) is 49.9 Å². The maximum Gasteiger partial charge on any atom is 0.243 e. The summed E-state index contributed by atoms with van der Waals surface area (Å²) in [6, 6.07) is 4.86. The van der Waals surface area contributed by atoms with E-state index in [1.807, 2.05) is 7.05 Å². The lowest BCUT2D eigenvalue weighted by Gasteiger charge is -2.20. The predicted octanol–water partition coefficient (Wildman–Crippen LogP) is 1.78. The Morgan fingerprint density at radius 2 is 1.95 bits per heavy atom. The molecule has 0 N–H and O–H groups in total. The van der Waals surface area contributed by atoms with Gasteiger partial charge in [-0.1, -0.05) is 0 Å². The van der Waals surface area contributed by atoms with Crippen molar-refractivity contribution in [1.29, 1.82) is 0 Å². The van der Waals surface area contributed by atoms with Crippen LogP contribution in [-0.2, 0) is 10.0 Å². The Labute approximate surface area is 128 Å². The summed E-state index contributed by atoms with van der Waals surface area (Å²) >= 11 is 3.33. The van der Waals surface area contributed by atoms with Gasteiger partial charge in [-0.2, -0.15) is 4.31 Å². The molecule has 112 valence electrons. The van der Waals surface area contributed by atoms with Gasteiger partial charge < -0.3 is 9.64 Å². The first-order chi connectivity index (χ1) is 9.45. The SMILES string of the molecule is COc1ccc(S(=O)(=O)N2CCCN(C)CC2)cc1Br. The highest BCUT2D eigenvalue weighted by molar-refractivity contribution is 9.10. The number of methoxy groups -OCH3 is 1. The van der Waals surface area contributed by atoms with Crippen LogP contribution in [0.4, 0.5) is 0 Å². The molecular weight excluding hydrogens is 344 g/mol. The number of rotatable bonds is 3. The van der Waals surface area contributed by atoms with Crippen LogP contribution >= 0.6 is 15.9 Å². The average molecular weight is 363 g/mol. The van der Waals surface area contributed by atoms with E-state index in [-0.39, 0.29) is 0 Å². The molecule has 1 aliphatic rings. The largest absolute Gasteiger partial charge is 0.496 e. The molecule has 1 aromatic rings. The number of nitrogens with zero attached hydrogens (tertiary/aromatic N) is 2. The van der Waals surface area contributed by atoms with Crippen molar-refractivity contribution in [2.75, 3.05) is 40.3 Å². The van der Waals surface area contributed by atoms with Gasteiger partial charge in [0.05, 0.1) is 16.5 Å². The molecular formula is C13H19BrN2O3S. The molecule has 1 heterocycles. The van der Waals surface area contributed by atoms with Gasteiger partial charge in [-0.25, -0.2) is 8.42 Å². The van der Waals surface area contributed by atoms with E-state index >= 15 is 0 Å². The van der Waals surface area contributed by atoms with E-state index in [0.29, 0.717) is 28.2 Å². The first-order valence-electron chi connectivity index (χ1n) is 6.47. The zero-order chi connectivity index (χ0) is 14.8. The molecule has 5 nitrogen and oxygen atoms in total. The first-order valence-corrected chi connectivity index (χ1v) is 8.70. The van der Waals surface area contributed by atoms with Crippen molar-refractivity contribution in [3.63, 3.8) is 0 Å². The zero-order valence-electron chi connectivity index (χ0n) is 11.7. The summed E-state index contributed by atoms with van der Waals surface area (Å²) in [5.74, 6) is 0.625. The van der Waals surface area contributed by atoms with E-state index < -0.39 is 10.0 Å². The molecule has 0 unspecified atom stereocenters. The normalized spacial score (nSPS) is 18.8. The van der Waals surface area contributed by atoms with Gasteiger partial charge in [0, 0.05) is 19.6 Å². The molecule has 0 saturated carbocycles. The maximum atomic E-state index is 12.6. The van der Waals surface area contributed by atoms with E-state index in [1.165, 1.54) is 0 Å².